The summed E-state index contributed by atoms with van der Waals surface area (Å²) in [6.45, 7) is 6.16. The SMILES string of the molecule is CC(C)CCCCCCNC(=O)C1CCN(S(C)(=O)=O)CC1. The monoisotopic (exact) mass is 332 g/mol. The molecule has 0 spiro atoms. The smallest absolute Gasteiger partial charge is 0.223 e. The molecule has 1 N–H and O–H groups in total. The van der Waals surface area contributed by atoms with Gasteiger partial charge in [-0.25, -0.2) is 12.7 Å². The third kappa shape index (κ3) is 7.58. The molecule has 0 aromatic heterocycles. The third-order valence-electron chi connectivity index (χ3n) is 4.30. The molecular weight excluding hydrogens is 300 g/mol. The lowest BCUT2D eigenvalue weighted by atomic mass is 9.97. The molecule has 1 aliphatic rings. The van der Waals surface area contributed by atoms with Gasteiger partial charge in [0.05, 0.1) is 6.26 Å². The lowest BCUT2D eigenvalue weighted by molar-refractivity contribution is -0.126. The minimum absolute atomic E-state index is 0.0288. The number of nitrogens with zero attached hydrogens (tertiary/aromatic N) is 1. The molecule has 130 valence electrons. The van der Waals surface area contributed by atoms with Crippen LogP contribution in [-0.4, -0.2) is 44.5 Å². The summed E-state index contributed by atoms with van der Waals surface area (Å²) in [4.78, 5) is 12.1. The molecule has 0 aromatic carbocycles. The Morgan fingerprint density at radius 2 is 1.73 bits per heavy atom. The number of amides is 1. The Morgan fingerprint density at radius 3 is 2.27 bits per heavy atom. The Morgan fingerprint density at radius 1 is 1.14 bits per heavy atom. The molecule has 1 fully saturated rings. The van der Waals surface area contributed by atoms with E-state index in [4.69, 9.17) is 0 Å². The molecule has 0 saturated carbocycles. The highest BCUT2D eigenvalue weighted by Crippen LogP contribution is 2.19. The molecule has 22 heavy (non-hydrogen) atoms. The van der Waals surface area contributed by atoms with Gasteiger partial charge in [-0.05, 0) is 25.2 Å². The standard InChI is InChI=1S/C16H32N2O3S/c1-14(2)8-6-4-5-7-11-17-16(19)15-9-12-18(13-10-15)22(3,20)21/h14-15H,4-13H2,1-3H3,(H,17,19). The van der Waals surface area contributed by atoms with Crippen molar-refractivity contribution in [3.8, 4) is 0 Å². The van der Waals surface area contributed by atoms with Crippen LogP contribution in [-0.2, 0) is 14.8 Å². The lowest BCUT2D eigenvalue weighted by Gasteiger charge is -2.29. The first-order valence-corrected chi connectivity index (χ1v) is 10.4. The van der Waals surface area contributed by atoms with Crippen molar-refractivity contribution in [2.45, 2.75) is 58.8 Å². The highest BCUT2D eigenvalue weighted by Gasteiger charge is 2.28. The van der Waals surface area contributed by atoms with Crippen molar-refractivity contribution < 1.29 is 13.2 Å². The van der Waals surface area contributed by atoms with Crippen molar-refractivity contribution in [1.29, 1.82) is 0 Å². The fourth-order valence-electron chi connectivity index (χ4n) is 2.84. The van der Waals surface area contributed by atoms with Crippen molar-refractivity contribution in [2.24, 2.45) is 11.8 Å². The predicted molar refractivity (Wildman–Crippen MR) is 90.1 cm³/mol. The summed E-state index contributed by atoms with van der Waals surface area (Å²) in [6, 6.07) is 0. The maximum absolute atomic E-state index is 12.1. The molecule has 1 rings (SSSR count). The normalized spacial score (nSPS) is 17.8. The molecule has 1 saturated heterocycles. The molecule has 0 bridgehead atoms. The van der Waals surface area contributed by atoms with E-state index in [-0.39, 0.29) is 11.8 Å². The average Bonchev–Trinajstić information content (AvgIpc) is 2.45. The second-order valence-corrected chi connectivity index (χ2v) is 8.81. The summed E-state index contributed by atoms with van der Waals surface area (Å²) in [7, 11) is -3.11. The molecule has 0 atom stereocenters. The van der Waals surface area contributed by atoms with Crippen LogP contribution in [0.5, 0.6) is 0 Å². The topological polar surface area (TPSA) is 66.5 Å². The number of carbonyl (C=O) groups excluding carboxylic acids is 1. The summed E-state index contributed by atoms with van der Waals surface area (Å²) >= 11 is 0. The summed E-state index contributed by atoms with van der Waals surface area (Å²) in [5.74, 6) is 0.840. The number of hydrogen-bond acceptors (Lipinski definition) is 3. The van der Waals surface area contributed by atoms with E-state index in [2.05, 4.69) is 19.2 Å². The van der Waals surface area contributed by atoms with E-state index in [0.717, 1.165) is 18.9 Å². The predicted octanol–water partition coefficient (Wildman–Crippen LogP) is 2.38. The fourth-order valence-corrected chi connectivity index (χ4v) is 3.71. The quantitative estimate of drug-likeness (QED) is 0.659. The first-order valence-electron chi connectivity index (χ1n) is 8.53. The van der Waals surface area contributed by atoms with Gasteiger partial charge in [0, 0.05) is 25.6 Å². The second-order valence-electron chi connectivity index (χ2n) is 6.82. The molecule has 0 unspecified atom stereocenters. The van der Waals surface area contributed by atoms with Gasteiger partial charge >= 0.3 is 0 Å². The first kappa shape index (κ1) is 19.4. The van der Waals surface area contributed by atoms with Gasteiger partial charge in [0.25, 0.3) is 0 Å². The van der Waals surface area contributed by atoms with Crippen LogP contribution in [0.1, 0.15) is 58.8 Å². The molecule has 0 aromatic rings. The molecule has 6 heteroatoms. The minimum Gasteiger partial charge on any atom is -0.356 e. The van der Waals surface area contributed by atoms with Crippen LogP contribution >= 0.6 is 0 Å². The Balaban J connectivity index is 2.09. The average molecular weight is 333 g/mol. The zero-order valence-electron chi connectivity index (χ0n) is 14.3. The van der Waals surface area contributed by atoms with Crippen LogP contribution in [0.25, 0.3) is 0 Å². The van der Waals surface area contributed by atoms with E-state index in [1.54, 1.807) is 0 Å². The van der Waals surface area contributed by atoms with Gasteiger partial charge in [-0.1, -0.05) is 39.5 Å². The van der Waals surface area contributed by atoms with Gasteiger partial charge in [-0.3, -0.25) is 4.79 Å². The van der Waals surface area contributed by atoms with Crippen molar-refractivity contribution in [2.75, 3.05) is 25.9 Å². The number of piperidine rings is 1. The molecule has 0 aliphatic carbocycles. The van der Waals surface area contributed by atoms with Gasteiger partial charge < -0.3 is 5.32 Å². The molecule has 5 nitrogen and oxygen atoms in total. The maximum Gasteiger partial charge on any atom is 0.223 e. The van der Waals surface area contributed by atoms with Gasteiger partial charge in [0.2, 0.25) is 15.9 Å². The number of unbranched alkanes of at least 4 members (excludes halogenated alkanes) is 3. The van der Waals surface area contributed by atoms with E-state index in [9.17, 15) is 13.2 Å². The van der Waals surface area contributed by atoms with Crippen LogP contribution in [0, 0.1) is 11.8 Å². The molecule has 1 aliphatic heterocycles. The van der Waals surface area contributed by atoms with E-state index >= 15 is 0 Å². The number of sulfonamides is 1. The largest absolute Gasteiger partial charge is 0.356 e. The summed E-state index contributed by atoms with van der Waals surface area (Å²) in [5.41, 5.74) is 0. The summed E-state index contributed by atoms with van der Waals surface area (Å²) in [6.07, 6.45) is 8.49. The van der Waals surface area contributed by atoms with E-state index in [1.807, 2.05) is 0 Å². The fraction of sp³-hybridized carbons (Fsp3) is 0.938. The van der Waals surface area contributed by atoms with Crippen molar-refractivity contribution >= 4 is 15.9 Å². The molecule has 1 heterocycles. The summed E-state index contributed by atoms with van der Waals surface area (Å²) in [5, 5.41) is 3.00. The molecule has 1 amide bonds. The number of nitrogens with one attached hydrogen (secondary N) is 1. The van der Waals surface area contributed by atoms with Gasteiger partial charge in [0.15, 0.2) is 0 Å². The van der Waals surface area contributed by atoms with Gasteiger partial charge in [0.1, 0.15) is 0 Å². The number of rotatable bonds is 9. The van der Waals surface area contributed by atoms with E-state index in [1.165, 1.54) is 36.2 Å². The third-order valence-corrected chi connectivity index (χ3v) is 5.60. The Hall–Kier alpha value is -0.620. The van der Waals surface area contributed by atoms with Crippen molar-refractivity contribution in [3.63, 3.8) is 0 Å². The Kier molecular flexibility index (Phi) is 8.39. The summed E-state index contributed by atoms with van der Waals surface area (Å²) < 4.78 is 24.3. The van der Waals surface area contributed by atoms with Crippen molar-refractivity contribution in [3.05, 3.63) is 0 Å². The minimum atomic E-state index is -3.11. The van der Waals surface area contributed by atoms with Gasteiger partial charge in [-0.2, -0.15) is 0 Å². The van der Waals surface area contributed by atoms with Gasteiger partial charge in [-0.15, -0.1) is 0 Å². The Bertz CT molecular complexity index is 427. The number of carbonyl (C=O) groups is 1. The zero-order valence-corrected chi connectivity index (χ0v) is 15.1. The maximum atomic E-state index is 12.1. The van der Waals surface area contributed by atoms with Crippen LogP contribution in [0.3, 0.4) is 0 Å². The van der Waals surface area contributed by atoms with Crippen LogP contribution < -0.4 is 5.32 Å². The molecule has 0 radical (unpaired) electrons. The van der Waals surface area contributed by atoms with E-state index < -0.39 is 10.0 Å². The Labute approximate surface area is 135 Å². The van der Waals surface area contributed by atoms with Crippen LogP contribution in [0.4, 0.5) is 0 Å². The number of hydrogen-bond donors (Lipinski definition) is 1. The van der Waals surface area contributed by atoms with Crippen LogP contribution in [0.15, 0.2) is 0 Å². The second kappa shape index (κ2) is 9.50. The lowest BCUT2D eigenvalue weighted by Crippen LogP contribution is -2.42. The molecular formula is C16H32N2O3S. The van der Waals surface area contributed by atoms with Crippen LogP contribution in [0.2, 0.25) is 0 Å². The highest BCUT2D eigenvalue weighted by molar-refractivity contribution is 7.88. The highest BCUT2D eigenvalue weighted by atomic mass is 32.2. The van der Waals surface area contributed by atoms with Crippen molar-refractivity contribution in [1.82, 2.24) is 9.62 Å². The van der Waals surface area contributed by atoms with E-state index in [0.29, 0.717) is 25.9 Å². The zero-order chi connectivity index (χ0) is 16.6. The first-order chi connectivity index (χ1) is 10.3.